The monoisotopic (exact) mass is 432 g/mol. The Morgan fingerprint density at radius 1 is 1.16 bits per heavy atom. The van der Waals surface area contributed by atoms with Gasteiger partial charge in [0.2, 0.25) is 5.43 Å². The number of hydrogen-bond acceptors (Lipinski definition) is 6. The summed E-state index contributed by atoms with van der Waals surface area (Å²) in [6, 6.07) is 13.1. The topological polar surface area (TPSA) is 83.6 Å². The molecule has 2 aromatic carbocycles. The Balaban J connectivity index is 1.75. The van der Waals surface area contributed by atoms with Crippen molar-refractivity contribution in [3.63, 3.8) is 0 Å². The van der Waals surface area contributed by atoms with E-state index < -0.39 is 5.97 Å². The third kappa shape index (κ3) is 4.14. The first-order chi connectivity index (χ1) is 15.5. The second kappa shape index (κ2) is 9.09. The van der Waals surface area contributed by atoms with Crippen molar-refractivity contribution in [3.05, 3.63) is 76.4 Å². The number of carbonyl (C=O) groups excluding carboxylic acids is 1. The summed E-state index contributed by atoms with van der Waals surface area (Å²) in [5.41, 5.74) is 3.14. The van der Waals surface area contributed by atoms with Crippen LogP contribution in [0.4, 0.5) is 0 Å². The van der Waals surface area contributed by atoms with Crippen LogP contribution >= 0.6 is 0 Å². The lowest BCUT2D eigenvalue weighted by Crippen LogP contribution is -2.15. The standard InChI is InChI=1S/C25H24N2O5/c1-4-17-11-20-22(12-21(17)31-15-23(28)30-5-2)32-16(3)24(25(20)29)18-13-26-27(14-18)19-9-7-6-8-10-19/h6-14H,4-5,15H2,1-3H3. The molecule has 4 aromatic rings. The molecule has 0 radical (unpaired) electrons. The van der Waals surface area contributed by atoms with Gasteiger partial charge in [-0.05, 0) is 44.0 Å². The van der Waals surface area contributed by atoms with Crippen LogP contribution in [0.15, 0.2) is 64.1 Å². The van der Waals surface area contributed by atoms with Crippen molar-refractivity contribution in [3.8, 4) is 22.6 Å². The SMILES string of the molecule is CCOC(=O)COc1cc2oc(C)c(-c3cnn(-c4ccccc4)c3)c(=O)c2cc1CC. The number of para-hydroxylation sites is 1. The van der Waals surface area contributed by atoms with E-state index in [0.29, 0.717) is 40.0 Å². The van der Waals surface area contributed by atoms with E-state index >= 15 is 0 Å². The van der Waals surface area contributed by atoms with Gasteiger partial charge in [-0.15, -0.1) is 0 Å². The number of aryl methyl sites for hydroxylation is 2. The predicted octanol–water partition coefficient (Wildman–Crippen LogP) is 4.46. The van der Waals surface area contributed by atoms with Crippen LogP contribution in [0.3, 0.4) is 0 Å². The Hall–Kier alpha value is -3.87. The summed E-state index contributed by atoms with van der Waals surface area (Å²) in [7, 11) is 0. The Bertz CT molecular complexity index is 1320. The van der Waals surface area contributed by atoms with Gasteiger partial charge in [-0.3, -0.25) is 4.79 Å². The lowest BCUT2D eigenvalue weighted by atomic mass is 10.0. The second-order valence-corrected chi connectivity index (χ2v) is 7.27. The number of nitrogens with zero attached hydrogens (tertiary/aromatic N) is 2. The quantitative estimate of drug-likeness (QED) is 0.401. The van der Waals surface area contributed by atoms with Crippen molar-refractivity contribution in [2.75, 3.05) is 13.2 Å². The van der Waals surface area contributed by atoms with Crippen LogP contribution in [-0.2, 0) is 16.0 Å². The minimum atomic E-state index is -0.446. The number of fused-ring (bicyclic) bond motifs is 1. The van der Waals surface area contributed by atoms with Gasteiger partial charge in [0, 0.05) is 17.8 Å². The predicted molar refractivity (Wildman–Crippen MR) is 121 cm³/mol. The van der Waals surface area contributed by atoms with E-state index in [2.05, 4.69) is 5.10 Å². The minimum absolute atomic E-state index is 0.136. The molecule has 0 atom stereocenters. The zero-order valence-corrected chi connectivity index (χ0v) is 18.3. The molecule has 0 bridgehead atoms. The van der Waals surface area contributed by atoms with E-state index in [1.54, 1.807) is 36.9 Å². The molecule has 7 heteroatoms. The number of carbonyl (C=O) groups is 1. The average molecular weight is 432 g/mol. The van der Waals surface area contributed by atoms with Crippen molar-refractivity contribution in [1.29, 1.82) is 0 Å². The molecule has 4 rings (SSSR count). The molecular formula is C25H24N2O5. The molecule has 0 unspecified atom stereocenters. The van der Waals surface area contributed by atoms with Crippen LogP contribution in [0, 0.1) is 6.92 Å². The number of hydrogen-bond donors (Lipinski definition) is 0. The van der Waals surface area contributed by atoms with Gasteiger partial charge in [0.05, 0.1) is 29.4 Å². The van der Waals surface area contributed by atoms with Gasteiger partial charge in [0.1, 0.15) is 17.1 Å². The molecule has 0 spiro atoms. The normalized spacial score (nSPS) is 11.0. The highest BCUT2D eigenvalue weighted by Crippen LogP contribution is 2.29. The molecule has 2 heterocycles. The van der Waals surface area contributed by atoms with E-state index in [-0.39, 0.29) is 18.6 Å². The largest absolute Gasteiger partial charge is 0.481 e. The summed E-state index contributed by atoms with van der Waals surface area (Å²) in [4.78, 5) is 25.1. The maximum absolute atomic E-state index is 13.4. The van der Waals surface area contributed by atoms with Gasteiger partial charge in [-0.1, -0.05) is 25.1 Å². The van der Waals surface area contributed by atoms with Crippen LogP contribution < -0.4 is 10.2 Å². The van der Waals surface area contributed by atoms with Crippen LogP contribution in [0.25, 0.3) is 27.8 Å². The number of rotatable bonds is 7. The van der Waals surface area contributed by atoms with Crippen molar-refractivity contribution >= 4 is 16.9 Å². The van der Waals surface area contributed by atoms with E-state index in [0.717, 1.165) is 11.3 Å². The highest BCUT2D eigenvalue weighted by Gasteiger charge is 2.18. The summed E-state index contributed by atoms with van der Waals surface area (Å²) in [5.74, 6) is 0.536. The summed E-state index contributed by atoms with van der Waals surface area (Å²) < 4.78 is 18.3. The molecule has 164 valence electrons. The molecular weight excluding hydrogens is 408 g/mol. The molecule has 0 aliphatic rings. The lowest BCUT2D eigenvalue weighted by Gasteiger charge is -2.12. The zero-order valence-electron chi connectivity index (χ0n) is 18.3. The smallest absolute Gasteiger partial charge is 0.344 e. The first-order valence-electron chi connectivity index (χ1n) is 10.5. The number of ether oxygens (including phenoxy) is 2. The highest BCUT2D eigenvalue weighted by atomic mass is 16.6. The van der Waals surface area contributed by atoms with Crippen molar-refractivity contribution in [1.82, 2.24) is 9.78 Å². The molecule has 0 saturated heterocycles. The fourth-order valence-electron chi connectivity index (χ4n) is 3.64. The van der Waals surface area contributed by atoms with E-state index in [1.165, 1.54) is 0 Å². The maximum atomic E-state index is 13.4. The van der Waals surface area contributed by atoms with Crippen molar-refractivity contribution < 1.29 is 18.7 Å². The van der Waals surface area contributed by atoms with Gasteiger partial charge >= 0.3 is 5.97 Å². The molecule has 0 fully saturated rings. The summed E-state index contributed by atoms with van der Waals surface area (Å²) in [6.45, 7) is 5.54. The van der Waals surface area contributed by atoms with Gasteiger partial charge in [0.15, 0.2) is 6.61 Å². The third-order valence-electron chi connectivity index (χ3n) is 5.17. The molecule has 0 aliphatic carbocycles. The number of aromatic nitrogens is 2. The van der Waals surface area contributed by atoms with Gasteiger partial charge in [-0.25, -0.2) is 9.48 Å². The van der Waals surface area contributed by atoms with E-state index in [4.69, 9.17) is 13.9 Å². The number of esters is 1. The summed E-state index contributed by atoms with van der Waals surface area (Å²) >= 11 is 0. The van der Waals surface area contributed by atoms with Crippen molar-refractivity contribution in [2.24, 2.45) is 0 Å². The zero-order chi connectivity index (χ0) is 22.7. The molecule has 0 saturated carbocycles. The fourth-order valence-corrected chi connectivity index (χ4v) is 3.64. The van der Waals surface area contributed by atoms with Crippen LogP contribution in [0.1, 0.15) is 25.2 Å². The van der Waals surface area contributed by atoms with Crippen LogP contribution in [-0.4, -0.2) is 29.0 Å². The second-order valence-electron chi connectivity index (χ2n) is 7.27. The highest BCUT2D eigenvalue weighted by molar-refractivity contribution is 5.85. The molecule has 0 aliphatic heterocycles. The fraction of sp³-hybridized carbons (Fsp3) is 0.240. The molecule has 32 heavy (non-hydrogen) atoms. The first kappa shape index (κ1) is 21.4. The average Bonchev–Trinajstić information content (AvgIpc) is 3.28. The summed E-state index contributed by atoms with van der Waals surface area (Å²) in [5, 5.41) is 4.86. The molecule has 2 aromatic heterocycles. The Morgan fingerprint density at radius 3 is 2.66 bits per heavy atom. The Morgan fingerprint density at radius 2 is 1.94 bits per heavy atom. The number of benzene rings is 2. The maximum Gasteiger partial charge on any atom is 0.344 e. The molecule has 7 nitrogen and oxygen atoms in total. The van der Waals surface area contributed by atoms with Gasteiger partial charge in [-0.2, -0.15) is 5.10 Å². The van der Waals surface area contributed by atoms with E-state index in [1.807, 2.05) is 43.5 Å². The first-order valence-corrected chi connectivity index (χ1v) is 10.5. The Kier molecular flexibility index (Phi) is 6.07. The van der Waals surface area contributed by atoms with Gasteiger partial charge in [0.25, 0.3) is 0 Å². The Labute approximate surface area is 185 Å². The van der Waals surface area contributed by atoms with E-state index in [9.17, 15) is 9.59 Å². The van der Waals surface area contributed by atoms with Crippen molar-refractivity contribution in [2.45, 2.75) is 27.2 Å². The van der Waals surface area contributed by atoms with Gasteiger partial charge < -0.3 is 13.9 Å². The molecule has 0 amide bonds. The lowest BCUT2D eigenvalue weighted by molar-refractivity contribution is -0.145. The minimum Gasteiger partial charge on any atom is -0.481 e. The van der Waals surface area contributed by atoms with Crippen LogP contribution in [0.2, 0.25) is 0 Å². The molecule has 0 N–H and O–H groups in total. The van der Waals surface area contributed by atoms with Crippen LogP contribution in [0.5, 0.6) is 5.75 Å². The third-order valence-corrected chi connectivity index (χ3v) is 5.17. The summed E-state index contributed by atoms with van der Waals surface area (Å²) in [6.07, 6.45) is 4.11.